The Morgan fingerprint density at radius 3 is 2.93 bits per heavy atom. The number of tetrazole rings is 1. The molecule has 0 radical (unpaired) electrons. The molecule has 0 bridgehead atoms. The first kappa shape index (κ1) is 10.8. The Hall–Kier alpha value is -0.750. The SMILES string of the molecule is CC(C)N1CCC(Cn2[nH]nnc2=S)C1. The van der Waals surface area contributed by atoms with Crippen LogP contribution in [0.2, 0.25) is 0 Å². The molecule has 0 saturated carbocycles. The maximum atomic E-state index is 5.05. The predicted molar refractivity (Wildman–Crippen MR) is 60.0 cm³/mol. The quantitative estimate of drug-likeness (QED) is 0.785. The molecule has 1 saturated heterocycles. The summed E-state index contributed by atoms with van der Waals surface area (Å²) in [6.07, 6.45) is 1.24. The average molecular weight is 227 g/mol. The van der Waals surface area contributed by atoms with E-state index in [1.54, 1.807) is 0 Å². The van der Waals surface area contributed by atoms with Gasteiger partial charge in [-0.3, -0.25) is 0 Å². The molecule has 1 unspecified atom stereocenters. The fourth-order valence-corrected chi connectivity index (χ4v) is 2.23. The lowest BCUT2D eigenvalue weighted by molar-refractivity contribution is 0.258. The fourth-order valence-electron chi connectivity index (χ4n) is 2.07. The molecule has 1 fully saturated rings. The molecule has 1 aromatic heterocycles. The lowest BCUT2D eigenvalue weighted by atomic mass is 10.1. The molecule has 2 rings (SSSR count). The Labute approximate surface area is 94.4 Å². The van der Waals surface area contributed by atoms with Gasteiger partial charge in [-0.2, -0.15) is 5.21 Å². The van der Waals surface area contributed by atoms with E-state index in [0.717, 1.165) is 13.1 Å². The molecule has 0 amide bonds. The Bertz CT molecular complexity index is 369. The summed E-state index contributed by atoms with van der Waals surface area (Å²) >= 11 is 5.05. The maximum Gasteiger partial charge on any atom is 0.238 e. The van der Waals surface area contributed by atoms with Crippen molar-refractivity contribution < 1.29 is 0 Å². The van der Waals surface area contributed by atoms with E-state index in [9.17, 15) is 0 Å². The zero-order chi connectivity index (χ0) is 10.8. The van der Waals surface area contributed by atoms with Crippen LogP contribution in [-0.2, 0) is 6.54 Å². The van der Waals surface area contributed by atoms with Gasteiger partial charge in [0.05, 0.1) is 0 Å². The first-order valence-corrected chi connectivity index (χ1v) is 5.79. The molecule has 1 aliphatic heterocycles. The number of likely N-dealkylation sites (tertiary alicyclic amines) is 1. The summed E-state index contributed by atoms with van der Waals surface area (Å²) in [6, 6.07) is 0.642. The molecular weight excluding hydrogens is 210 g/mol. The second-order valence-electron chi connectivity index (χ2n) is 4.44. The maximum absolute atomic E-state index is 5.05. The molecule has 1 aromatic rings. The number of H-pyrrole nitrogens is 1. The molecule has 0 aromatic carbocycles. The minimum absolute atomic E-state index is 0.554. The van der Waals surface area contributed by atoms with E-state index < -0.39 is 0 Å². The number of hydrogen-bond acceptors (Lipinski definition) is 4. The van der Waals surface area contributed by atoms with Gasteiger partial charge in [0.2, 0.25) is 4.77 Å². The average Bonchev–Trinajstić information content (AvgIpc) is 2.77. The fraction of sp³-hybridized carbons (Fsp3) is 0.889. The summed E-state index contributed by atoms with van der Waals surface area (Å²) in [5.74, 6) is 0.668. The smallest absolute Gasteiger partial charge is 0.238 e. The summed E-state index contributed by atoms with van der Waals surface area (Å²) in [5.41, 5.74) is 0. The zero-order valence-electron chi connectivity index (χ0n) is 9.18. The number of nitrogens with zero attached hydrogens (tertiary/aromatic N) is 4. The minimum Gasteiger partial charge on any atom is -0.301 e. The van der Waals surface area contributed by atoms with Crippen LogP contribution in [0.3, 0.4) is 0 Å². The van der Waals surface area contributed by atoms with Crippen molar-refractivity contribution in [1.82, 2.24) is 25.1 Å². The standard InChI is InChI=1S/C9H17N5S/c1-7(2)13-4-3-8(5-13)6-14-9(15)10-11-12-14/h7-8H,3-6H2,1-2H3,(H,10,12,15). The molecule has 6 heteroatoms. The van der Waals surface area contributed by atoms with Crippen molar-refractivity contribution in [1.29, 1.82) is 0 Å². The molecule has 1 atom stereocenters. The molecule has 15 heavy (non-hydrogen) atoms. The summed E-state index contributed by atoms with van der Waals surface area (Å²) in [5, 5.41) is 10.3. The van der Waals surface area contributed by atoms with Gasteiger partial charge < -0.3 is 4.90 Å². The summed E-state index contributed by atoms with van der Waals surface area (Å²) in [7, 11) is 0. The number of rotatable bonds is 3. The van der Waals surface area contributed by atoms with Gasteiger partial charge in [0.15, 0.2) is 0 Å². The van der Waals surface area contributed by atoms with Gasteiger partial charge in [0.1, 0.15) is 0 Å². The van der Waals surface area contributed by atoms with Gasteiger partial charge in [-0.1, -0.05) is 10.3 Å². The van der Waals surface area contributed by atoms with Crippen molar-refractivity contribution in [2.24, 2.45) is 5.92 Å². The predicted octanol–water partition coefficient (Wildman–Crippen LogP) is 1.07. The van der Waals surface area contributed by atoms with Crippen molar-refractivity contribution in [2.75, 3.05) is 13.1 Å². The monoisotopic (exact) mass is 227 g/mol. The molecule has 0 aliphatic carbocycles. The van der Waals surface area contributed by atoms with Gasteiger partial charge in [0, 0.05) is 19.1 Å². The van der Waals surface area contributed by atoms with Crippen LogP contribution >= 0.6 is 12.2 Å². The van der Waals surface area contributed by atoms with Crippen molar-refractivity contribution in [3.05, 3.63) is 4.77 Å². The van der Waals surface area contributed by atoms with E-state index >= 15 is 0 Å². The molecular formula is C9H17N5S. The molecule has 0 spiro atoms. The minimum atomic E-state index is 0.554. The summed E-state index contributed by atoms with van der Waals surface area (Å²) in [6.45, 7) is 7.74. The first-order valence-electron chi connectivity index (χ1n) is 5.38. The van der Waals surface area contributed by atoms with Crippen LogP contribution in [-0.4, -0.2) is 44.2 Å². The molecule has 1 aliphatic rings. The number of aromatic amines is 1. The Kier molecular flexibility index (Phi) is 3.16. The van der Waals surface area contributed by atoms with E-state index in [2.05, 4.69) is 34.3 Å². The number of hydrogen-bond donors (Lipinski definition) is 1. The largest absolute Gasteiger partial charge is 0.301 e. The lowest BCUT2D eigenvalue weighted by Crippen LogP contribution is -2.28. The molecule has 2 heterocycles. The highest BCUT2D eigenvalue weighted by molar-refractivity contribution is 7.71. The van der Waals surface area contributed by atoms with Gasteiger partial charge in [-0.15, -0.1) is 0 Å². The van der Waals surface area contributed by atoms with Crippen LogP contribution in [0.1, 0.15) is 20.3 Å². The van der Waals surface area contributed by atoms with E-state index in [0.29, 0.717) is 16.7 Å². The van der Waals surface area contributed by atoms with Crippen molar-refractivity contribution in [3.8, 4) is 0 Å². The second kappa shape index (κ2) is 4.40. The summed E-state index contributed by atoms with van der Waals surface area (Å²) < 4.78 is 2.40. The van der Waals surface area contributed by atoms with Gasteiger partial charge in [-0.05, 0) is 44.9 Å². The Morgan fingerprint density at radius 1 is 1.60 bits per heavy atom. The third-order valence-corrected chi connectivity index (χ3v) is 3.32. The van der Waals surface area contributed by atoms with Gasteiger partial charge in [0.25, 0.3) is 0 Å². The van der Waals surface area contributed by atoms with E-state index in [1.807, 2.05) is 4.68 Å². The number of aromatic nitrogens is 4. The van der Waals surface area contributed by atoms with Gasteiger partial charge in [-0.25, -0.2) is 4.68 Å². The topological polar surface area (TPSA) is 49.7 Å². The third-order valence-electron chi connectivity index (χ3n) is 3.02. The first-order chi connectivity index (χ1) is 7.16. The van der Waals surface area contributed by atoms with Crippen LogP contribution in [0.15, 0.2) is 0 Å². The van der Waals surface area contributed by atoms with Crippen molar-refractivity contribution >= 4 is 12.2 Å². The highest BCUT2D eigenvalue weighted by Crippen LogP contribution is 2.19. The molecule has 5 nitrogen and oxygen atoms in total. The molecule has 84 valence electrons. The van der Waals surface area contributed by atoms with Crippen LogP contribution < -0.4 is 0 Å². The lowest BCUT2D eigenvalue weighted by Gasteiger charge is -2.20. The normalized spacial score (nSPS) is 22.7. The summed E-state index contributed by atoms with van der Waals surface area (Å²) in [4.78, 5) is 2.50. The third kappa shape index (κ3) is 2.43. The Balaban J connectivity index is 1.93. The van der Waals surface area contributed by atoms with Crippen LogP contribution in [0, 0.1) is 10.7 Å². The van der Waals surface area contributed by atoms with Crippen molar-refractivity contribution in [3.63, 3.8) is 0 Å². The van der Waals surface area contributed by atoms with Gasteiger partial charge >= 0.3 is 0 Å². The highest BCUT2D eigenvalue weighted by atomic mass is 32.1. The van der Waals surface area contributed by atoms with E-state index in [-0.39, 0.29) is 0 Å². The van der Waals surface area contributed by atoms with E-state index in [1.165, 1.54) is 13.0 Å². The van der Waals surface area contributed by atoms with Crippen LogP contribution in [0.5, 0.6) is 0 Å². The highest BCUT2D eigenvalue weighted by Gasteiger charge is 2.24. The Morgan fingerprint density at radius 2 is 2.40 bits per heavy atom. The van der Waals surface area contributed by atoms with Crippen LogP contribution in [0.25, 0.3) is 0 Å². The zero-order valence-corrected chi connectivity index (χ0v) is 10.00. The van der Waals surface area contributed by atoms with E-state index in [4.69, 9.17) is 12.2 Å². The second-order valence-corrected chi connectivity index (χ2v) is 4.80. The van der Waals surface area contributed by atoms with Crippen molar-refractivity contribution in [2.45, 2.75) is 32.9 Å². The molecule has 1 N–H and O–H groups in total. The number of nitrogens with one attached hydrogen (secondary N) is 1. The van der Waals surface area contributed by atoms with Crippen LogP contribution in [0.4, 0.5) is 0 Å².